The number of aliphatic hydroxyl groups is 1. The van der Waals surface area contributed by atoms with Gasteiger partial charge < -0.3 is 9.84 Å². The van der Waals surface area contributed by atoms with Crippen LogP contribution < -0.4 is 4.74 Å². The lowest BCUT2D eigenvalue weighted by Gasteiger charge is -2.59. The second kappa shape index (κ2) is 6.62. The van der Waals surface area contributed by atoms with E-state index in [-0.39, 0.29) is 11.5 Å². The van der Waals surface area contributed by atoms with Crippen LogP contribution in [0.1, 0.15) is 70.8 Å². The molecule has 1 aromatic carbocycles. The number of aliphatic hydroxyl groups excluding tert-OH is 1. The maximum absolute atomic E-state index is 10.7. The molecule has 1 N–H and O–H groups in total. The van der Waals surface area contributed by atoms with Crippen LogP contribution in [0.25, 0.3) is 5.57 Å². The van der Waals surface area contributed by atoms with Gasteiger partial charge in [0.05, 0.1) is 13.2 Å². The van der Waals surface area contributed by atoms with E-state index in [9.17, 15) is 5.11 Å². The number of ether oxygens (including phenoxy) is 1. The maximum atomic E-state index is 10.7. The number of hydrogen-bond donors (Lipinski definition) is 1. The number of rotatable bonds is 2. The number of fused-ring (bicyclic) bond motifs is 5. The largest absolute Gasteiger partial charge is 0.497 e. The van der Waals surface area contributed by atoms with Crippen molar-refractivity contribution in [2.24, 2.45) is 34.5 Å². The molecule has 0 aromatic heterocycles. The quantitative estimate of drug-likeness (QED) is 0.672. The number of allylic oxidation sites excluding steroid dienone is 2. The van der Waals surface area contributed by atoms with Crippen molar-refractivity contribution in [1.82, 2.24) is 0 Å². The standard InChI is InChI=1S/C26H36O2/c1-25-14-12-18(17-4-7-20(28-3)8-5-17)16-19(25)6-9-21-22-10-11-24(27)26(22,2)15-13-23(21)25/h4-5,7-8,12,19,21-24,27H,6,9-11,13-16H2,1-3H3/t19-,21+,22+,23+,24+,25+,26+/m1/s1. The van der Waals surface area contributed by atoms with E-state index in [4.69, 9.17) is 4.74 Å². The summed E-state index contributed by atoms with van der Waals surface area (Å²) in [5.74, 6) is 4.20. The molecule has 0 unspecified atom stereocenters. The molecule has 0 spiro atoms. The zero-order valence-corrected chi connectivity index (χ0v) is 17.8. The van der Waals surface area contributed by atoms with Crippen molar-refractivity contribution in [2.45, 2.75) is 71.3 Å². The predicted octanol–water partition coefficient (Wildman–Crippen LogP) is 6.09. The average molecular weight is 381 g/mol. The third-order valence-electron chi connectivity index (χ3n) is 9.73. The van der Waals surface area contributed by atoms with Crippen LogP contribution in [0.15, 0.2) is 30.3 Å². The van der Waals surface area contributed by atoms with Crippen molar-refractivity contribution >= 4 is 5.57 Å². The number of methoxy groups -OCH3 is 1. The third kappa shape index (κ3) is 2.63. The average Bonchev–Trinajstić information content (AvgIpc) is 3.02. The van der Waals surface area contributed by atoms with Crippen molar-refractivity contribution in [1.29, 1.82) is 0 Å². The fourth-order valence-corrected chi connectivity index (χ4v) is 7.89. The van der Waals surface area contributed by atoms with Gasteiger partial charge in [0, 0.05) is 0 Å². The Hall–Kier alpha value is -1.28. The summed E-state index contributed by atoms with van der Waals surface area (Å²) in [5.41, 5.74) is 3.57. The molecule has 0 radical (unpaired) electrons. The second-order valence-corrected chi connectivity index (χ2v) is 10.7. The third-order valence-corrected chi connectivity index (χ3v) is 9.73. The minimum absolute atomic E-state index is 0.0584. The Bertz CT molecular complexity index is 765. The van der Waals surface area contributed by atoms with E-state index in [2.05, 4.69) is 44.2 Å². The Labute approximate surface area is 170 Å². The summed E-state index contributed by atoms with van der Waals surface area (Å²) in [6, 6.07) is 8.64. The van der Waals surface area contributed by atoms with E-state index in [1.165, 1.54) is 50.5 Å². The molecule has 0 saturated heterocycles. The van der Waals surface area contributed by atoms with Crippen molar-refractivity contribution in [3.63, 3.8) is 0 Å². The Morgan fingerprint density at radius 3 is 2.43 bits per heavy atom. The fourth-order valence-electron chi connectivity index (χ4n) is 7.89. The topological polar surface area (TPSA) is 29.5 Å². The van der Waals surface area contributed by atoms with Crippen LogP contribution in [0, 0.1) is 34.5 Å². The maximum Gasteiger partial charge on any atom is 0.118 e. The Morgan fingerprint density at radius 1 is 0.929 bits per heavy atom. The van der Waals surface area contributed by atoms with Gasteiger partial charge in [0.1, 0.15) is 5.75 Å². The Balaban J connectivity index is 1.40. The number of benzene rings is 1. The van der Waals surface area contributed by atoms with Gasteiger partial charge in [0.25, 0.3) is 0 Å². The first-order valence-electron chi connectivity index (χ1n) is 11.5. The van der Waals surface area contributed by atoms with Crippen molar-refractivity contribution in [2.75, 3.05) is 7.11 Å². The SMILES string of the molecule is COc1ccc(C2=CC[C@@]3(C)[C@H](CC[C@@H]4[C@@H]3CC[C@]3(C)[C@@H](O)CC[C@@H]43)C2)cc1. The molecule has 0 heterocycles. The summed E-state index contributed by atoms with van der Waals surface area (Å²) in [6.07, 6.45) is 12.6. The van der Waals surface area contributed by atoms with Crippen LogP contribution in [0.5, 0.6) is 5.75 Å². The van der Waals surface area contributed by atoms with Gasteiger partial charge in [0.15, 0.2) is 0 Å². The molecule has 4 aliphatic rings. The highest BCUT2D eigenvalue weighted by Crippen LogP contribution is 2.66. The summed E-state index contributed by atoms with van der Waals surface area (Å²) in [5, 5.41) is 10.7. The van der Waals surface area contributed by atoms with Gasteiger partial charge >= 0.3 is 0 Å². The summed E-state index contributed by atoms with van der Waals surface area (Å²) in [7, 11) is 1.73. The lowest BCUT2D eigenvalue weighted by atomic mass is 9.45. The van der Waals surface area contributed by atoms with Gasteiger partial charge in [-0.2, -0.15) is 0 Å². The number of hydrogen-bond acceptors (Lipinski definition) is 2. The first-order valence-corrected chi connectivity index (χ1v) is 11.5. The molecular weight excluding hydrogens is 344 g/mol. The molecule has 2 heteroatoms. The van der Waals surface area contributed by atoms with Gasteiger partial charge in [-0.25, -0.2) is 0 Å². The molecule has 5 rings (SSSR count). The minimum atomic E-state index is -0.0584. The van der Waals surface area contributed by atoms with E-state index in [1.807, 2.05) is 0 Å². The van der Waals surface area contributed by atoms with Crippen LogP contribution in [-0.4, -0.2) is 18.3 Å². The Morgan fingerprint density at radius 2 is 1.68 bits per heavy atom. The van der Waals surface area contributed by atoms with E-state index >= 15 is 0 Å². The minimum Gasteiger partial charge on any atom is -0.497 e. The van der Waals surface area contributed by atoms with Gasteiger partial charge in [0.2, 0.25) is 0 Å². The Kier molecular flexibility index (Phi) is 4.43. The van der Waals surface area contributed by atoms with E-state index < -0.39 is 0 Å². The molecule has 152 valence electrons. The van der Waals surface area contributed by atoms with Gasteiger partial charge in [-0.15, -0.1) is 0 Å². The predicted molar refractivity (Wildman–Crippen MR) is 114 cm³/mol. The van der Waals surface area contributed by atoms with Crippen LogP contribution in [0.3, 0.4) is 0 Å². The normalized spacial score (nSPS) is 44.9. The smallest absolute Gasteiger partial charge is 0.118 e. The van der Waals surface area contributed by atoms with Crippen LogP contribution in [-0.2, 0) is 0 Å². The second-order valence-electron chi connectivity index (χ2n) is 10.7. The van der Waals surface area contributed by atoms with Gasteiger partial charge in [-0.05, 0) is 109 Å². The van der Waals surface area contributed by atoms with Crippen molar-refractivity contribution < 1.29 is 9.84 Å². The monoisotopic (exact) mass is 380 g/mol. The van der Waals surface area contributed by atoms with Gasteiger partial charge in [-0.1, -0.05) is 32.1 Å². The molecule has 3 fully saturated rings. The van der Waals surface area contributed by atoms with Crippen molar-refractivity contribution in [3.8, 4) is 5.75 Å². The zero-order valence-electron chi connectivity index (χ0n) is 17.8. The van der Waals surface area contributed by atoms with Crippen LogP contribution in [0.4, 0.5) is 0 Å². The first-order chi connectivity index (χ1) is 13.5. The molecule has 0 bridgehead atoms. The molecular formula is C26H36O2. The first kappa shape index (κ1) is 18.7. The van der Waals surface area contributed by atoms with Crippen molar-refractivity contribution in [3.05, 3.63) is 35.9 Å². The highest BCUT2D eigenvalue weighted by atomic mass is 16.5. The summed E-state index contributed by atoms with van der Waals surface area (Å²) < 4.78 is 5.33. The highest BCUT2D eigenvalue weighted by Gasteiger charge is 2.59. The van der Waals surface area contributed by atoms with E-state index in [0.29, 0.717) is 5.41 Å². The lowest BCUT2D eigenvalue weighted by Crippen LogP contribution is -2.53. The fraction of sp³-hybridized carbons (Fsp3) is 0.692. The molecule has 2 nitrogen and oxygen atoms in total. The highest BCUT2D eigenvalue weighted by molar-refractivity contribution is 5.67. The molecule has 28 heavy (non-hydrogen) atoms. The van der Waals surface area contributed by atoms with Crippen LogP contribution >= 0.6 is 0 Å². The van der Waals surface area contributed by atoms with Gasteiger partial charge in [-0.3, -0.25) is 0 Å². The zero-order chi connectivity index (χ0) is 19.5. The molecule has 4 aliphatic carbocycles. The molecule has 0 amide bonds. The molecule has 3 saturated carbocycles. The molecule has 7 atom stereocenters. The lowest BCUT2D eigenvalue weighted by molar-refractivity contribution is -0.108. The summed E-state index contributed by atoms with van der Waals surface area (Å²) in [4.78, 5) is 0. The van der Waals surface area contributed by atoms with E-state index in [0.717, 1.165) is 35.8 Å². The van der Waals surface area contributed by atoms with Crippen LogP contribution in [0.2, 0.25) is 0 Å². The summed E-state index contributed by atoms with van der Waals surface area (Å²) in [6.45, 7) is 4.99. The molecule has 1 aromatic rings. The van der Waals surface area contributed by atoms with E-state index in [1.54, 1.807) is 12.7 Å². The molecule has 0 aliphatic heterocycles. The summed E-state index contributed by atoms with van der Waals surface area (Å²) >= 11 is 0.